The number of carbonyl (C=O) groups is 5. The highest BCUT2D eigenvalue weighted by molar-refractivity contribution is 5.95. The summed E-state index contributed by atoms with van der Waals surface area (Å²) in [5.74, 6) is -3.50. The van der Waals surface area contributed by atoms with Crippen molar-refractivity contribution in [1.29, 1.82) is 0 Å². The van der Waals surface area contributed by atoms with E-state index < -0.39 is 53.2 Å². The molecule has 3 rings (SSSR count). The van der Waals surface area contributed by atoms with Crippen LogP contribution in [0.3, 0.4) is 0 Å². The number of carbonyl (C=O) groups excluding carboxylic acids is 5. The molecule has 0 spiro atoms. The Bertz CT molecular complexity index is 1440. The Balaban J connectivity index is 1.78. The van der Waals surface area contributed by atoms with Gasteiger partial charge in [0.15, 0.2) is 5.78 Å². The Labute approximate surface area is 294 Å². The number of halogens is 1. The van der Waals surface area contributed by atoms with Crippen LogP contribution in [0.4, 0.5) is 4.39 Å². The van der Waals surface area contributed by atoms with Gasteiger partial charge in [0.05, 0.1) is 19.2 Å². The quantitative estimate of drug-likeness (QED) is 0.107. The van der Waals surface area contributed by atoms with E-state index in [-0.39, 0.29) is 56.4 Å². The number of nitrogens with one attached hydrogen (secondary N) is 2. The fourth-order valence-corrected chi connectivity index (χ4v) is 6.23. The van der Waals surface area contributed by atoms with Crippen LogP contribution in [0.5, 0.6) is 0 Å². The zero-order valence-electron chi connectivity index (χ0n) is 29.4. The Morgan fingerprint density at radius 1 is 0.920 bits per heavy atom. The van der Waals surface area contributed by atoms with Crippen molar-refractivity contribution >= 4 is 29.5 Å². The molecule has 8 N–H and O–H groups in total. The summed E-state index contributed by atoms with van der Waals surface area (Å²) in [5.41, 5.74) is 18.3. The molecule has 13 heteroatoms. The predicted octanol–water partition coefficient (Wildman–Crippen LogP) is 1.76. The molecule has 2 aromatic carbocycles. The summed E-state index contributed by atoms with van der Waals surface area (Å²) in [7, 11) is 1.24. The van der Waals surface area contributed by atoms with E-state index in [4.69, 9.17) is 21.9 Å². The Kier molecular flexibility index (Phi) is 15.5. The topological polar surface area (TPSA) is 200 Å². The van der Waals surface area contributed by atoms with E-state index in [1.165, 1.54) is 24.1 Å². The molecule has 274 valence electrons. The highest BCUT2D eigenvalue weighted by atomic mass is 19.1. The first-order chi connectivity index (χ1) is 23.8. The zero-order chi connectivity index (χ0) is 36.8. The highest BCUT2D eigenvalue weighted by Gasteiger charge is 2.45. The normalized spacial score (nSPS) is 18.2. The van der Waals surface area contributed by atoms with Crippen LogP contribution in [-0.4, -0.2) is 84.8 Å². The van der Waals surface area contributed by atoms with Crippen molar-refractivity contribution in [3.05, 3.63) is 71.5 Å². The molecule has 3 amide bonds. The van der Waals surface area contributed by atoms with Crippen molar-refractivity contribution in [2.45, 2.75) is 88.9 Å². The lowest BCUT2D eigenvalue weighted by Gasteiger charge is -2.28. The number of ether oxygens (including phenoxy) is 1. The number of methoxy groups -OCH3 is 1. The molecular formula is C37H53FN6O6. The molecule has 1 aliphatic rings. The SMILES string of the molecule is COC(=O)C1(N)CCN(C(=O)[C@@H](CCCCN)NC(=O)[C@H](CC(=O)[C@@H](Cc2ccccc2)NC(=O)[C@H](N)Cc2ccc(F)cc2)CC(C)C)C1. The van der Waals surface area contributed by atoms with Crippen LogP contribution in [0.1, 0.15) is 63.5 Å². The number of Topliss-reactive ketones (excluding diaryl/α,β-unsaturated/α-hetero) is 1. The van der Waals surface area contributed by atoms with Crippen LogP contribution in [0, 0.1) is 17.7 Å². The van der Waals surface area contributed by atoms with Crippen LogP contribution >= 0.6 is 0 Å². The van der Waals surface area contributed by atoms with Crippen molar-refractivity contribution in [3.8, 4) is 0 Å². The third-order valence-corrected chi connectivity index (χ3v) is 9.03. The molecule has 2 aromatic rings. The lowest BCUT2D eigenvalue weighted by atomic mass is 9.88. The van der Waals surface area contributed by atoms with Gasteiger partial charge in [0.1, 0.15) is 17.4 Å². The number of nitrogens with zero attached hydrogens (tertiary/aromatic N) is 1. The molecule has 5 atom stereocenters. The zero-order valence-corrected chi connectivity index (χ0v) is 29.4. The van der Waals surface area contributed by atoms with E-state index in [1.807, 2.05) is 44.2 Å². The van der Waals surface area contributed by atoms with Crippen molar-refractivity contribution in [3.63, 3.8) is 0 Å². The summed E-state index contributed by atoms with van der Waals surface area (Å²) in [6, 6.07) is 12.0. The number of hydrogen-bond acceptors (Lipinski definition) is 9. The van der Waals surface area contributed by atoms with Crippen molar-refractivity contribution in [2.24, 2.45) is 29.0 Å². The maximum atomic E-state index is 14.0. The molecule has 1 saturated heterocycles. The van der Waals surface area contributed by atoms with Crippen molar-refractivity contribution in [2.75, 3.05) is 26.7 Å². The van der Waals surface area contributed by atoms with Gasteiger partial charge in [-0.15, -0.1) is 0 Å². The van der Waals surface area contributed by atoms with E-state index in [9.17, 15) is 28.4 Å². The predicted molar refractivity (Wildman–Crippen MR) is 188 cm³/mol. The minimum Gasteiger partial charge on any atom is -0.468 e. The third-order valence-electron chi connectivity index (χ3n) is 9.03. The number of benzene rings is 2. The second kappa shape index (κ2) is 19.3. The number of ketones is 1. The minimum atomic E-state index is -1.33. The van der Waals surface area contributed by atoms with Gasteiger partial charge >= 0.3 is 5.97 Å². The molecule has 0 aliphatic carbocycles. The van der Waals surface area contributed by atoms with Gasteiger partial charge in [-0.1, -0.05) is 56.3 Å². The van der Waals surface area contributed by atoms with Crippen molar-refractivity contribution in [1.82, 2.24) is 15.5 Å². The van der Waals surface area contributed by atoms with Crippen LogP contribution in [0.2, 0.25) is 0 Å². The molecule has 1 heterocycles. The molecule has 50 heavy (non-hydrogen) atoms. The number of unbranched alkanes of at least 4 members (excludes halogenated alkanes) is 1. The second-order valence-electron chi connectivity index (χ2n) is 13.7. The smallest absolute Gasteiger partial charge is 0.327 e. The van der Waals surface area contributed by atoms with Crippen LogP contribution in [0.25, 0.3) is 0 Å². The summed E-state index contributed by atoms with van der Waals surface area (Å²) in [6.07, 6.45) is 2.24. The van der Waals surface area contributed by atoms with Gasteiger partial charge < -0.3 is 37.5 Å². The number of hydrogen-bond donors (Lipinski definition) is 5. The number of rotatable bonds is 19. The molecule has 1 unspecified atom stereocenters. The lowest BCUT2D eigenvalue weighted by molar-refractivity contribution is -0.147. The summed E-state index contributed by atoms with van der Waals surface area (Å²) < 4.78 is 18.2. The number of esters is 1. The van der Waals surface area contributed by atoms with E-state index in [0.717, 1.165) is 5.56 Å². The van der Waals surface area contributed by atoms with Gasteiger partial charge in [-0.3, -0.25) is 19.2 Å². The first-order valence-electron chi connectivity index (χ1n) is 17.3. The van der Waals surface area contributed by atoms with E-state index in [1.54, 1.807) is 12.1 Å². The average molecular weight is 697 g/mol. The molecule has 12 nitrogen and oxygen atoms in total. The Morgan fingerprint density at radius 3 is 2.18 bits per heavy atom. The standard InChI is InChI=1S/C37H53FN6O6/c1-24(2)19-27(33(46)42-30(11-7-8-17-39)35(48)44-18-16-37(41,23-44)36(49)50-3)22-32(45)31(21-25-9-5-4-6-10-25)43-34(47)29(40)20-26-12-14-28(38)15-13-26/h4-6,9-10,12-15,24,27,29-31H,7-8,11,16-23,39-41H2,1-3H3,(H,42,46)(H,43,47)/t27-,29+,30+,31+,37?/m0/s1. The number of nitrogens with two attached hydrogens (primary N) is 3. The molecule has 1 fully saturated rings. The summed E-state index contributed by atoms with van der Waals surface area (Å²) in [4.78, 5) is 68.6. The number of likely N-dealkylation sites (tertiary alicyclic amines) is 1. The third kappa shape index (κ3) is 12.0. The van der Waals surface area contributed by atoms with Crippen LogP contribution < -0.4 is 27.8 Å². The van der Waals surface area contributed by atoms with Crippen LogP contribution in [0.15, 0.2) is 54.6 Å². The Morgan fingerprint density at radius 2 is 1.56 bits per heavy atom. The summed E-state index contributed by atoms with van der Waals surface area (Å²) in [6.45, 7) is 4.47. The van der Waals surface area contributed by atoms with E-state index in [2.05, 4.69) is 10.6 Å². The second-order valence-corrected chi connectivity index (χ2v) is 13.7. The fraction of sp³-hybridized carbons (Fsp3) is 0.541. The lowest BCUT2D eigenvalue weighted by Crippen LogP contribution is -2.54. The molecule has 0 bridgehead atoms. The molecular weight excluding hydrogens is 643 g/mol. The number of amides is 3. The Hall–Kier alpha value is -4.20. The maximum absolute atomic E-state index is 14.0. The highest BCUT2D eigenvalue weighted by Crippen LogP contribution is 2.23. The first-order valence-corrected chi connectivity index (χ1v) is 17.3. The average Bonchev–Trinajstić information content (AvgIpc) is 3.50. The molecule has 1 aliphatic heterocycles. The van der Waals surface area contributed by atoms with Gasteiger partial charge in [-0.2, -0.15) is 0 Å². The molecule has 0 radical (unpaired) electrons. The van der Waals surface area contributed by atoms with Crippen LogP contribution in [-0.2, 0) is 41.6 Å². The summed E-state index contributed by atoms with van der Waals surface area (Å²) in [5, 5.41) is 5.70. The van der Waals surface area contributed by atoms with E-state index in [0.29, 0.717) is 37.8 Å². The van der Waals surface area contributed by atoms with Gasteiger partial charge in [0.2, 0.25) is 17.7 Å². The van der Waals surface area contributed by atoms with Crippen molar-refractivity contribution < 1.29 is 33.1 Å². The largest absolute Gasteiger partial charge is 0.468 e. The van der Waals surface area contributed by atoms with Gasteiger partial charge in [0, 0.05) is 25.4 Å². The van der Waals surface area contributed by atoms with Gasteiger partial charge in [0.25, 0.3) is 0 Å². The minimum absolute atomic E-state index is 0.0349. The first kappa shape index (κ1) is 40.2. The monoisotopic (exact) mass is 696 g/mol. The van der Waals surface area contributed by atoms with Gasteiger partial charge in [-0.05, 0) is 80.7 Å². The molecule has 0 aromatic heterocycles. The molecule has 0 saturated carbocycles. The van der Waals surface area contributed by atoms with Gasteiger partial charge in [-0.25, -0.2) is 9.18 Å². The fourth-order valence-electron chi connectivity index (χ4n) is 6.23. The summed E-state index contributed by atoms with van der Waals surface area (Å²) >= 11 is 0. The maximum Gasteiger partial charge on any atom is 0.327 e. The van der Waals surface area contributed by atoms with E-state index >= 15 is 0 Å².